The fraction of sp³-hybridized carbons (Fsp3) is 0.167. The minimum absolute atomic E-state index is 0.0496. The monoisotopic (exact) mass is 482 g/mol. The Balaban J connectivity index is 1.84. The highest BCUT2D eigenvalue weighted by atomic mass is 32.2. The van der Waals surface area contributed by atoms with Crippen LogP contribution in [0.25, 0.3) is 11.0 Å². The molecule has 170 valence electrons. The fourth-order valence-electron chi connectivity index (χ4n) is 3.48. The average molecular weight is 483 g/mol. The molecule has 0 saturated heterocycles. The molecular formula is C24H22N2O5S2. The summed E-state index contributed by atoms with van der Waals surface area (Å²) in [5.74, 6) is -1.27. The van der Waals surface area contributed by atoms with Gasteiger partial charge in [-0.15, -0.1) is 0 Å². The average Bonchev–Trinajstić information content (AvgIpc) is 2.77. The molecule has 1 heterocycles. The molecule has 33 heavy (non-hydrogen) atoms. The summed E-state index contributed by atoms with van der Waals surface area (Å²) >= 11 is 0. The van der Waals surface area contributed by atoms with Crippen LogP contribution in [0.1, 0.15) is 22.5 Å². The van der Waals surface area contributed by atoms with Gasteiger partial charge in [0, 0.05) is 6.07 Å². The summed E-state index contributed by atoms with van der Waals surface area (Å²) in [6.45, 7) is 3.68. The SMILES string of the molecule is Cc1ccc(S(=O)(=O)Cc2nc3ccccc3[n+]([O-])c2CS(=O)(=O)c2ccc(C)cc2)cc1. The Hall–Kier alpha value is -3.30. The summed E-state index contributed by atoms with van der Waals surface area (Å²) < 4.78 is 52.8. The van der Waals surface area contributed by atoms with E-state index < -0.39 is 31.2 Å². The van der Waals surface area contributed by atoms with E-state index in [2.05, 4.69) is 4.98 Å². The van der Waals surface area contributed by atoms with Gasteiger partial charge in [0.15, 0.2) is 19.7 Å². The second-order valence-electron chi connectivity index (χ2n) is 7.93. The predicted molar refractivity (Wildman–Crippen MR) is 125 cm³/mol. The Labute approximate surface area is 192 Å². The van der Waals surface area contributed by atoms with Crippen LogP contribution < -0.4 is 4.73 Å². The first-order valence-corrected chi connectivity index (χ1v) is 13.5. The van der Waals surface area contributed by atoms with E-state index in [1.54, 1.807) is 42.5 Å². The lowest BCUT2D eigenvalue weighted by Crippen LogP contribution is -2.37. The molecule has 0 aliphatic carbocycles. The number of rotatable bonds is 6. The van der Waals surface area contributed by atoms with Crippen molar-refractivity contribution in [1.82, 2.24) is 4.98 Å². The third kappa shape index (κ3) is 4.74. The molecular weight excluding hydrogens is 460 g/mol. The molecule has 0 aliphatic rings. The summed E-state index contributed by atoms with van der Waals surface area (Å²) in [4.78, 5) is 4.52. The van der Waals surface area contributed by atoms with Crippen molar-refractivity contribution in [3.05, 3.63) is 101 Å². The summed E-state index contributed by atoms with van der Waals surface area (Å²) in [7, 11) is -7.80. The van der Waals surface area contributed by atoms with Gasteiger partial charge in [-0.25, -0.2) is 21.8 Å². The molecule has 0 radical (unpaired) electrons. The Bertz CT molecular complexity index is 1550. The van der Waals surface area contributed by atoms with E-state index in [0.717, 1.165) is 11.1 Å². The Morgan fingerprint density at radius 1 is 0.727 bits per heavy atom. The number of aryl methyl sites for hydroxylation is 2. The van der Waals surface area contributed by atoms with Crippen LogP contribution in [0.4, 0.5) is 0 Å². The van der Waals surface area contributed by atoms with Gasteiger partial charge in [-0.2, -0.15) is 4.73 Å². The molecule has 1 aromatic heterocycles. The molecule has 0 amide bonds. The maximum absolute atomic E-state index is 13.2. The van der Waals surface area contributed by atoms with Crippen molar-refractivity contribution < 1.29 is 21.6 Å². The second kappa shape index (κ2) is 8.57. The number of fused-ring (bicyclic) bond motifs is 1. The third-order valence-corrected chi connectivity index (χ3v) is 8.64. The van der Waals surface area contributed by atoms with Crippen LogP contribution in [0, 0.1) is 19.1 Å². The van der Waals surface area contributed by atoms with E-state index in [-0.39, 0.29) is 32.2 Å². The number of hydrogen-bond acceptors (Lipinski definition) is 6. The van der Waals surface area contributed by atoms with Crippen molar-refractivity contribution in [3.8, 4) is 0 Å². The van der Waals surface area contributed by atoms with E-state index in [9.17, 15) is 22.0 Å². The molecule has 9 heteroatoms. The molecule has 3 aromatic carbocycles. The molecule has 0 bridgehead atoms. The topological polar surface area (TPSA) is 108 Å². The van der Waals surface area contributed by atoms with Crippen LogP contribution in [0.15, 0.2) is 82.6 Å². The standard InChI is InChI=1S/C24H22N2O5S2/c1-17-7-11-19(12-8-17)32(28,29)15-22-24(26(27)23-6-4-3-5-21(23)25-22)16-33(30,31)20-13-9-18(2)10-14-20/h3-14H,15-16H2,1-2H3. The molecule has 0 atom stereocenters. The van der Waals surface area contributed by atoms with Crippen molar-refractivity contribution in [2.75, 3.05) is 0 Å². The number of sulfone groups is 2. The van der Waals surface area contributed by atoms with Gasteiger partial charge in [-0.1, -0.05) is 47.5 Å². The number of aromatic nitrogens is 2. The maximum Gasteiger partial charge on any atom is 0.242 e. The molecule has 0 N–H and O–H groups in total. The van der Waals surface area contributed by atoms with Gasteiger partial charge in [0.2, 0.25) is 11.2 Å². The summed E-state index contributed by atoms with van der Waals surface area (Å²) in [6, 6.07) is 19.0. The van der Waals surface area contributed by atoms with Gasteiger partial charge < -0.3 is 5.21 Å². The van der Waals surface area contributed by atoms with Gasteiger partial charge in [0.1, 0.15) is 22.7 Å². The smallest absolute Gasteiger partial charge is 0.242 e. The first kappa shape index (κ1) is 22.9. The molecule has 0 saturated carbocycles. The van der Waals surface area contributed by atoms with E-state index >= 15 is 0 Å². The maximum atomic E-state index is 13.2. The van der Waals surface area contributed by atoms with Crippen LogP contribution in [0.3, 0.4) is 0 Å². The number of hydrogen-bond donors (Lipinski definition) is 0. The molecule has 0 unspecified atom stereocenters. The zero-order valence-corrected chi connectivity index (χ0v) is 19.7. The van der Waals surface area contributed by atoms with E-state index in [1.807, 2.05) is 13.8 Å². The normalized spacial score (nSPS) is 12.2. The van der Waals surface area contributed by atoms with Gasteiger partial charge >= 0.3 is 0 Å². The lowest BCUT2D eigenvalue weighted by molar-refractivity contribution is -0.585. The zero-order chi connectivity index (χ0) is 23.8. The van der Waals surface area contributed by atoms with Crippen LogP contribution in [0.2, 0.25) is 0 Å². The highest BCUT2D eigenvalue weighted by Gasteiger charge is 2.29. The minimum atomic E-state index is -3.93. The molecule has 4 rings (SSSR count). The number of nitrogens with zero attached hydrogens (tertiary/aromatic N) is 2. The quantitative estimate of drug-likeness (QED) is 0.308. The van der Waals surface area contributed by atoms with Gasteiger partial charge in [-0.05, 0) is 44.2 Å². The van der Waals surface area contributed by atoms with Gasteiger partial charge in [-0.3, -0.25) is 0 Å². The first-order chi connectivity index (χ1) is 15.6. The second-order valence-corrected chi connectivity index (χ2v) is 11.9. The first-order valence-electron chi connectivity index (χ1n) is 10.2. The van der Waals surface area contributed by atoms with Crippen molar-refractivity contribution in [1.29, 1.82) is 0 Å². The van der Waals surface area contributed by atoms with E-state index in [4.69, 9.17) is 0 Å². The Morgan fingerprint density at radius 2 is 1.21 bits per heavy atom. The number of para-hydroxylation sites is 2. The highest BCUT2D eigenvalue weighted by Crippen LogP contribution is 2.23. The molecule has 7 nitrogen and oxygen atoms in total. The fourth-order valence-corrected chi connectivity index (χ4v) is 6.15. The Morgan fingerprint density at radius 3 is 1.76 bits per heavy atom. The molecule has 0 spiro atoms. The highest BCUT2D eigenvalue weighted by molar-refractivity contribution is 7.91. The number of benzene rings is 3. The molecule has 0 aliphatic heterocycles. The largest absolute Gasteiger partial charge is 0.618 e. The van der Waals surface area contributed by atoms with E-state index in [1.165, 1.54) is 30.3 Å². The van der Waals surface area contributed by atoms with Gasteiger partial charge in [0.25, 0.3) is 0 Å². The predicted octanol–water partition coefficient (Wildman–Crippen LogP) is 3.43. The third-order valence-electron chi connectivity index (χ3n) is 5.35. The Kier molecular flexibility index (Phi) is 5.94. The lowest BCUT2D eigenvalue weighted by Gasteiger charge is -2.13. The van der Waals surface area contributed by atoms with Crippen LogP contribution >= 0.6 is 0 Å². The molecule has 0 fully saturated rings. The summed E-state index contributed by atoms with van der Waals surface area (Å²) in [5.41, 5.74) is 1.97. The van der Waals surface area contributed by atoms with Crippen molar-refractivity contribution in [2.24, 2.45) is 0 Å². The summed E-state index contributed by atoms with van der Waals surface area (Å²) in [5, 5.41) is 13.2. The van der Waals surface area contributed by atoms with Crippen molar-refractivity contribution in [3.63, 3.8) is 0 Å². The van der Waals surface area contributed by atoms with Crippen LogP contribution in [0.5, 0.6) is 0 Å². The summed E-state index contributed by atoms with van der Waals surface area (Å²) in [6.07, 6.45) is 0. The van der Waals surface area contributed by atoms with Crippen LogP contribution in [-0.2, 0) is 31.2 Å². The van der Waals surface area contributed by atoms with Crippen molar-refractivity contribution in [2.45, 2.75) is 35.1 Å². The van der Waals surface area contributed by atoms with Gasteiger partial charge in [0.05, 0.1) is 9.79 Å². The lowest BCUT2D eigenvalue weighted by atomic mass is 10.2. The van der Waals surface area contributed by atoms with Crippen LogP contribution in [-0.4, -0.2) is 21.8 Å². The zero-order valence-electron chi connectivity index (χ0n) is 18.1. The minimum Gasteiger partial charge on any atom is -0.618 e. The van der Waals surface area contributed by atoms with Crippen molar-refractivity contribution >= 4 is 30.7 Å². The molecule has 4 aromatic rings. The van der Waals surface area contributed by atoms with E-state index in [0.29, 0.717) is 4.73 Å².